The van der Waals surface area contributed by atoms with Crippen molar-refractivity contribution in [3.63, 3.8) is 0 Å². The molecule has 194 valence electrons. The third-order valence-electron chi connectivity index (χ3n) is 6.97. The Kier molecular flexibility index (Phi) is 7.76. The summed E-state index contributed by atoms with van der Waals surface area (Å²) in [4.78, 5) is 16.2. The molecule has 0 aliphatic carbocycles. The monoisotopic (exact) mass is 502 g/mol. The van der Waals surface area contributed by atoms with Gasteiger partial charge in [-0.25, -0.2) is 9.97 Å². The van der Waals surface area contributed by atoms with Gasteiger partial charge >= 0.3 is 0 Å². The molecule has 2 fully saturated rings. The predicted molar refractivity (Wildman–Crippen MR) is 146 cm³/mol. The summed E-state index contributed by atoms with van der Waals surface area (Å²) < 4.78 is 5.42. The molecule has 0 amide bonds. The van der Waals surface area contributed by atoms with Crippen LogP contribution < -0.4 is 15.5 Å². The fraction of sp³-hybridized carbons (Fsp3) is 0.407. The summed E-state index contributed by atoms with van der Waals surface area (Å²) in [7, 11) is 0. The van der Waals surface area contributed by atoms with Crippen LogP contribution in [-0.2, 0) is 4.74 Å². The fourth-order valence-electron chi connectivity index (χ4n) is 4.80. The van der Waals surface area contributed by atoms with Crippen molar-refractivity contribution < 1.29 is 9.84 Å². The molecule has 1 aromatic carbocycles. The number of nitrogens with two attached hydrogens (primary N) is 1. The largest absolute Gasteiger partial charge is 0.507 e. The molecule has 3 N–H and O–H groups in total. The molecule has 10 nitrogen and oxygen atoms in total. The van der Waals surface area contributed by atoms with E-state index in [9.17, 15) is 5.11 Å². The lowest BCUT2D eigenvalue weighted by Crippen LogP contribution is -2.36. The van der Waals surface area contributed by atoms with Crippen molar-refractivity contribution >= 4 is 23.4 Å². The highest BCUT2D eigenvalue weighted by atomic mass is 16.5. The van der Waals surface area contributed by atoms with Crippen molar-refractivity contribution in [3.05, 3.63) is 54.5 Å². The molecule has 5 rings (SSSR count). The molecule has 0 spiro atoms. The first-order valence-corrected chi connectivity index (χ1v) is 12.8. The number of nitrogens with zero attached hydrogens (tertiary/aromatic N) is 7. The maximum Gasteiger partial charge on any atom is 0.169 e. The van der Waals surface area contributed by atoms with Crippen LogP contribution in [0.5, 0.6) is 5.75 Å². The molecule has 37 heavy (non-hydrogen) atoms. The van der Waals surface area contributed by atoms with Crippen LogP contribution in [0.4, 0.5) is 17.3 Å². The minimum Gasteiger partial charge on any atom is -0.507 e. The molecular weight excluding hydrogens is 468 g/mol. The third-order valence-corrected chi connectivity index (χ3v) is 6.97. The van der Waals surface area contributed by atoms with E-state index >= 15 is 0 Å². The number of hydrogen-bond acceptors (Lipinski definition) is 10. The van der Waals surface area contributed by atoms with Crippen molar-refractivity contribution in [2.24, 2.45) is 0 Å². The number of aromatic hydroxyl groups is 1. The van der Waals surface area contributed by atoms with E-state index in [1.165, 1.54) is 0 Å². The number of phenols is 1. The van der Waals surface area contributed by atoms with Gasteiger partial charge in [0.05, 0.1) is 24.6 Å². The van der Waals surface area contributed by atoms with Crippen LogP contribution in [0.25, 0.3) is 17.3 Å². The number of nitrogen functional groups attached to an aromatic ring is 1. The minimum absolute atomic E-state index is 0.168. The SMILES string of the molecule is C[C@@H]1CCN(c2cc(-c3ccccc3O)nnc2N)CCN1c1ccnc(/C=C/CN2CCOCC2)n1. The second-order valence-corrected chi connectivity index (χ2v) is 9.42. The van der Waals surface area contributed by atoms with E-state index in [0.717, 1.165) is 70.4 Å². The lowest BCUT2D eigenvalue weighted by molar-refractivity contribution is 0.0435. The first-order valence-electron chi connectivity index (χ1n) is 12.8. The Bertz CT molecular complexity index is 1230. The number of rotatable bonds is 6. The Morgan fingerprint density at radius 2 is 1.92 bits per heavy atom. The van der Waals surface area contributed by atoms with Gasteiger partial charge in [-0.3, -0.25) is 4.90 Å². The predicted octanol–water partition coefficient (Wildman–Crippen LogP) is 2.67. The fourth-order valence-corrected chi connectivity index (χ4v) is 4.80. The second-order valence-electron chi connectivity index (χ2n) is 9.42. The van der Waals surface area contributed by atoms with Crippen LogP contribution >= 0.6 is 0 Å². The molecule has 0 unspecified atom stereocenters. The molecule has 10 heteroatoms. The summed E-state index contributed by atoms with van der Waals surface area (Å²) in [6.07, 6.45) is 6.88. The molecule has 1 atom stereocenters. The number of aromatic nitrogens is 4. The summed E-state index contributed by atoms with van der Waals surface area (Å²) in [6, 6.07) is 11.3. The first-order chi connectivity index (χ1) is 18.1. The van der Waals surface area contributed by atoms with Gasteiger partial charge in [0.15, 0.2) is 11.6 Å². The number of para-hydroxylation sites is 1. The van der Waals surface area contributed by atoms with E-state index in [-0.39, 0.29) is 5.75 Å². The quantitative estimate of drug-likeness (QED) is 0.521. The molecule has 2 saturated heterocycles. The second kappa shape index (κ2) is 11.5. The van der Waals surface area contributed by atoms with Crippen LogP contribution in [0.15, 0.2) is 48.7 Å². The topological polar surface area (TPSA) is 117 Å². The lowest BCUT2D eigenvalue weighted by Gasteiger charge is -2.28. The van der Waals surface area contributed by atoms with Gasteiger partial charge < -0.3 is 25.4 Å². The molecule has 2 aliphatic rings. The van der Waals surface area contributed by atoms with Gasteiger partial charge in [0.2, 0.25) is 0 Å². The van der Waals surface area contributed by atoms with E-state index in [0.29, 0.717) is 28.9 Å². The van der Waals surface area contributed by atoms with Crippen molar-refractivity contribution in [2.75, 3.05) is 68.0 Å². The van der Waals surface area contributed by atoms with Crippen LogP contribution in [-0.4, -0.2) is 88.7 Å². The average molecular weight is 503 g/mol. The van der Waals surface area contributed by atoms with Crippen LogP contribution in [0.3, 0.4) is 0 Å². The van der Waals surface area contributed by atoms with Gasteiger partial charge in [0.25, 0.3) is 0 Å². The molecule has 0 bridgehead atoms. The van der Waals surface area contributed by atoms with Crippen molar-refractivity contribution in [2.45, 2.75) is 19.4 Å². The molecule has 0 radical (unpaired) electrons. The first kappa shape index (κ1) is 24.9. The van der Waals surface area contributed by atoms with Gasteiger partial charge in [-0.15, -0.1) is 10.2 Å². The van der Waals surface area contributed by atoms with Crippen molar-refractivity contribution in [1.82, 2.24) is 25.1 Å². The van der Waals surface area contributed by atoms with Crippen molar-refractivity contribution in [3.8, 4) is 17.0 Å². The highest BCUT2D eigenvalue weighted by Gasteiger charge is 2.24. The Balaban J connectivity index is 1.29. The Labute approximate surface area is 217 Å². The Morgan fingerprint density at radius 1 is 1.08 bits per heavy atom. The average Bonchev–Trinajstić information content (AvgIpc) is 3.12. The standard InChI is InChI=1S/C27H34N8O2/c1-20-9-12-34(23-19-22(31-32-27(23)28)21-5-2-3-6-24(21)36)13-14-35(20)26-8-10-29-25(30-26)7-4-11-33-15-17-37-18-16-33/h2-8,10,19-20,36H,9,11-18H2,1H3,(H2,28,32)/b7-4+/t20-/m1/s1. The zero-order chi connectivity index (χ0) is 25.6. The van der Waals surface area contributed by atoms with Crippen LogP contribution in [0.1, 0.15) is 19.2 Å². The van der Waals surface area contributed by atoms with E-state index in [1.54, 1.807) is 12.1 Å². The molecule has 2 aliphatic heterocycles. The van der Waals surface area contributed by atoms with Gasteiger partial charge in [0, 0.05) is 57.1 Å². The molecule has 4 heterocycles. The van der Waals surface area contributed by atoms with Gasteiger partial charge in [0.1, 0.15) is 11.6 Å². The smallest absolute Gasteiger partial charge is 0.169 e. The number of hydrogen-bond donors (Lipinski definition) is 2. The number of phenolic OH excluding ortho intramolecular Hbond substituents is 1. The molecular formula is C27H34N8O2. The van der Waals surface area contributed by atoms with E-state index in [2.05, 4.69) is 42.9 Å². The number of morpholine rings is 1. The van der Waals surface area contributed by atoms with E-state index in [4.69, 9.17) is 15.5 Å². The van der Waals surface area contributed by atoms with Crippen LogP contribution in [0, 0.1) is 0 Å². The van der Waals surface area contributed by atoms with Crippen molar-refractivity contribution in [1.29, 1.82) is 0 Å². The maximum absolute atomic E-state index is 10.3. The number of ether oxygens (including phenoxy) is 1. The minimum atomic E-state index is 0.168. The summed E-state index contributed by atoms with van der Waals surface area (Å²) in [5.41, 5.74) is 8.32. The van der Waals surface area contributed by atoms with Crippen LogP contribution in [0.2, 0.25) is 0 Å². The molecule has 3 aromatic rings. The Morgan fingerprint density at radius 3 is 2.76 bits per heavy atom. The third kappa shape index (κ3) is 5.98. The molecule has 2 aromatic heterocycles. The summed E-state index contributed by atoms with van der Waals surface area (Å²) >= 11 is 0. The van der Waals surface area contributed by atoms with Gasteiger partial charge in [-0.2, -0.15) is 0 Å². The lowest BCUT2D eigenvalue weighted by atomic mass is 10.1. The highest BCUT2D eigenvalue weighted by molar-refractivity contribution is 5.74. The number of anilines is 3. The molecule has 0 saturated carbocycles. The van der Waals surface area contributed by atoms with Gasteiger partial charge in [-0.1, -0.05) is 18.2 Å². The van der Waals surface area contributed by atoms with E-state index in [1.807, 2.05) is 36.5 Å². The maximum atomic E-state index is 10.3. The summed E-state index contributed by atoms with van der Waals surface area (Å²) in [6.45, 7) is 8.96. The summed E-state index contributed by atoms with van der Waals surface area (Å²) in [5, 5.41) is 18.7. The van der Waals surface area contributed by atoms with Gasteiger partial charge in [-0.05, 0) is 43.7 Å². The zero-order valence-corrected chi connectivity index (χ0v) is 21.2. The highest BCUT2D eigenvalue weighted by Crippen LogP contribution is 2.32. The number of benzene rings is 1. The summed E-state index contributed by atoms with van der Waals surface area (Å²) in [5.74, 6) is 2.19. The van der Waals surface area contributed by atoms with E-state index < -0.39 is 0 Å². The normalized spacial score (nSPS) is 19.3. The zero-order valence-electron chi connectivity index (χ0n) is 21.2. The Hall–Kier alpha value is -3.76.